The normalized spacial score (nSPS) is 28.9. The molecule has 2 saturated heterocycles. The first kappa shape index (κ1) is 19.8. The van der Waals surface area contributed by atoms with Gasteiger partial charge >= 0.3 is 0 Å². The summed E-state index contributed by atoms with van der Waals surface area (Å²) < 4.78 is 26.9. The van der Waals surface area contributed by atoms with E-state index in [1.165, 1.54) is 25.3 Å². The molecule has 2 heterocycles. The summed E-state index contributed by atoms with van der Waals surface area (Å²) in [7, 11) is 0. The molecule has 1 aliphatic carbocycles. The van der Waals surface area contributed by atoms with Gasteiger partial charge in [0.15, 0.2) is 0 Å². The predicted molar refractivity (Wildman–Crippen MR) is 105 cm³/mol. The van der Waals surface area contributed by atoms with Gasteiger partial charge in [0, 0.05) is 56.3 Å². The number of hydrogen-bond acceptors (Lipinski definition) is 3. The number of fused-ring (bicyclic) bond motifs is 1. The van der Waals surface area contributed by atoms with E-state index in [0.29, 0.717) is 24.1 Å². The Morgan fingerprint density at radius 1 is 1.04 bits per heavy atom. The van der Waals surface area contributed by atoms with E-state index in [-0.39, 0.29) is 11.8 Å². The summed E-state index contributed by atoms with van der Waals surface area (Å²) in [4.78, 5) is 17.0. The molecule has 0 aromatic heterocycles. The third-order valence-electron chi connectivity index (χ3n) is 6.86. The molecule has 28 heavy (non-hydrogen) atoms. The fraction of sp³-hybridized carbons (Fsp3) is 0.682. The second kappa shape index (κ2) is 8.87. The highest BCUT2D eigenvalue weighted by Gasteiger charge is 2.42. The van der Waals surface area contributed by atoms with Crippen LogP contribution in [0.5, 0.6) is 0 Å². The van der Waals surface area contributed by atoms with Gasteiger partial charge in [-0.1, -0.05) is 18.9 Å². The SMILES string of the molecule is O=C1N[C@H]2CCCC[C@@H]2C1CCCN1CCN(Cc2ccc(F)cc2F)CC1. The highest BCUT2D eigenvalue weighted by Crippen LogP contribution is 2.37. The van der Waals surface area contributed by atoms with Crippen molar-refractivity contribution in [2.24, 2.45) is 11.8 Å². The van der Waals surface area contributed by atoms with Crippen molar-refractivity contribution in [1.82, 2.24) is 15.1 Å². The summed E-state index contributed by atoms with van der Waals surface area (Å²) in [5, 5.41) is 3.22. The second-order valence-corrected chi connectivity index (χ2v) is 8.67. The van der Waals surface area contributed by atoms with Crippen molar-refractivity contribution >= 4 is 5.91 Å². The van der Waals surface area contributed by atoms with Crippen LogP contribution < -0.4 is 5.32 Å². The average Bonchev–Trinajstić information content (AvgIpc) is 3.01. The number of nitrogens with zero attached hydrogens (tertiary/aromatic N) is 2. The van der Waals surface area contributed by atoms with Crippen LogP contribution in [-0.2, 0) is 11.3 Å². The summed E-state index contributed by atoms with van der Waals surface area (Å²) >= 11 is 0. The zero-order valence-electron chi connectivity index (χ0n) is 16.5. The molecule has 1 amide bonds. The van der Waals surface area contributed by atoms with Gasteiger partial charge in [0.05, 0.1) is 0 Å². The predicted octanol–water partition coefficient (Wildman–Crippen LogP) is 3.17. The molecule has 3 aliphatic rings. The number of benzene rings is 1. The maximum absolute atomic E-state index is 13.8. The van der Waals surface area contributed by atoms with Crippen molar-refractivity contribution in [2.45, 2.75) is 51.1 Å². The molecule has 3 fully saturated rings. The molecule has 2 aliphatic heterocycles. The molecule has 1 aromatic carbocycles. The van der Waals surface area contributed by atoms with Crippen molar-refractivity contribution in [3.8, 4) is 0 Å². The smallest absolute Gasteiger partial charge is 0.223 e. The lowest BCUT2D eigenvalue weighted by molar-refractivity contribution is -0.123. The molecule has 1 saturated carbocycles. The lowest BCUT2D eigenvalue weighted by Gasteiger charge is -2.35. The highest BCUT2D eigenvalue weighted by molar-refractivity contribution is 5.81. The quantitative estimate of drug-likeness (QED) is 0.809. The van der Waals surface area contributed by atoms with Gasteiger partial charge in [0.1, 0.15) is 11.6 Å². The highest BCUT2D eigenvalue weighted by atomic mass is 19.1. The maximum Gasteiger partial charge on any atom is 0.223 e. The largest absolute Gasteiger partial charge is 0.353 e. The van der Waals surface area contributed by atoms with E-state index in [1.54, 1.807) is 6.07 Å². The van der Waals surface area contributed by atoms with E-state index in [0.717, 1.165) is 58.1 Å². The van der Waals surface area contributed by atoms with E-state index in [4.69, 9.17) is 0 Å². The first-order chi connectivity index (χ1) is 13.6. The fourth-order valence-electron chi connectivity index (χ4n) is 5.25. The van der Waals surface area contributed by atoms with Crippen LogP contribution in [0.4, 0.5) is 8.78 Å². The minimum Gasteiger partial charge on any atom is -0.353 e. The Balaban J connectivity index is 1.18. The molecule has 0 radical (unpaired) electrons. The molecule has 1 aromatic rings. The topological polar surface area (TPSA) is 35.6 Å². The van der Waals surface area contributed by atoms with Crippen LogP contribution in [0.25, 0.3) is 0 Å². The van der Waals surface area contributed by atoms with E-state index >= 15 is 0 Å². The first-order valence-corrected chi connectivity index (χ1v) is 10.8. The number of hydrogen-bond donors (Lipinski definition) is 1. The summed E-state index contributed by atoms with van der Waals surface area (Å²) in [6.45, 7) is 5.28. The van der Waals surface area contributed by atoms with Gasteiger partial charge in [-0.2, -0.15) is 0 Å². The van der Waals surface area contributed by atoms with Gasteiger partial charge in [-0.05, 0) is 44.2 Å². The number of halogens is 2. The molecule has 0 bridgehead atoms. The Morgan fingerprint density at radius 3 is 2.57 bits per heavy atom. The van der Waals surface area contributed by atoms with Crippen LogP contribution in [0.15, 0.2) is 18.2 Å². The summed E-state index contributed by atoms with van der Waals surface area (Å²) in [5.74, 6) is 0.0691. The summed E-state index contributed by atoms with van der Waals surface area (Å²) in [6, 6.07) is 4.26. The summed E-state index contributed by atoms with van der Waals surface area (Å²) in [6.07, 6.45) is 6.93. The molecule has 0 spiro atoms. The number of nitrogens with one attached hydrogen (secondary N) is 1. The zero-order valence-corrected chi connectivity index (χ0v) is 16.5. The molecular weight excluding hydrogens is 360 g/mol. The Bertz CT molecular complexity index is 690. The minimum atomic E-state index is -0.526. The molecule has 154 valence electrons. The maximum atomic E-state index is 13.8. The van der Waals surface area contributed by atoms with Crippen molar-refractivity contribution in [2.75, 3.05) is 32.7 Å². The van der Waals surface area contributed by atoms with E-state index in [1.807, 2.05) is 0 Å². The minimum absolute atomic E-state index is 0.216. The van der Waals surface area contributed by atoms with Crippen LogP contribution >= 0.6 is 0 Å². The van der Waals surface area contributed by atoms with Crippen LogP contribution in [0.3, 0.4) is 0 Å². The van der Waals surface area contributed by atoms with Crippen LogP contribution in [0, 0.1) is 23.5 Å². The Kier molecular flexibility index (Phi) is 6.26. The number of amides is 1. The van der Waals surface area contributed by atoms with Crippen molar-refractivity contribution in [3.63, 3.8) is 0 Å². The molecule has 4 nitrogen and oxygen atoms in total. The third-order valence-corrected chi connectivity index (χ3v) is 6.86. The van der Waals surface area contributed by atoms with Gasteiger partial charge in [0.25, 0.3) is 0 Å². The molecule has 1 N–H and O–H groups in total. The zero-order chi connectivity index (χ0) is 19.5. The lowest BCUT2D eigenvalue weighted by Crippen LogP contribution is -2.46. The molecule has 6 heteroatoms. The van der Waals surface area contributed by atoms with Crippen LogP contribution in [-0.4, -0.2) is 54.5 Å². The first-order valence-electron chi connectivity index (χ1n) is 10.8. The standard InChI is InChI=1S/C22H31F2N3O/c23-17-8-7-16(20(24)14-17)15-27-12-10-26(11-13-27)9-3-5-19-18-4-1-2-6-21(18)25-22(19)28/h7-8,14,18-19,21H,1-6,9-13,15H2,(H,25,28)/t18-,19?,21+/m1/s1. The molecular formula is C22H31F2N3O. The van der Waals surface area contributed by atoms with Gasteiger partial charge in [-0.15, -0.1) is 0 Å². The van der Waals surface area contributed by atoms with E-state index in [2.05, 4.69) is 15.1 Å². The molecule has 1 unspecified atom stereocenters. The fourth-order valence-corrected chi connectivity index (χ4v) is 5.25. The molecule has 4 rings (SSSR count). The van der Waals surface area contributed by atoms with Crippen molar-refractivity contribution < 1.29 is 13.6 Å². The Morgan fingerprint density at radius 2 is 1.79 bits per heavy atom. The van der Waals surface area contributed by atoms with Crippen LogP contribution in [0.1, 0.15) is 44.1 Å². The average molecular weight is 392 g/mol. The number of carbonyl (C=O) groups is 1. The van der Waals surface area contributed by atoms with Crippen molar-refractivity contribution in [3.05, 3.63) is 35.4 Å². The van der Waals surface area contributed by atoms with Gasteiger partial charge in [-0.25, -0.2) is 8.78 Å². The van der Waals surface area contributed by atoms with E-state index < -0.39 is 11.6 Å². The summed E-state index contributed by atoms with van der Waals surface area (Å²) in [5.41, 5.74) is 0.559. The van der Waals surface area contributed by atoms with E-state index in [9.17, 15) is 13.6 Å². The Labute approximate surface area is 166 Å². The Hall–Kier alpha value is -1.53. The van der Waals surface area contributed by atoms with Gasteiger partial charge < -0.3 is 10.2 Å². The number of piperazine rings is 1. The number of rotatable bonds is 6. The van der Waals surface area contributed by atoms with Crippen molar-refractivity contribution in [1.29, 1.82) is 0 Å². The third kappa shape index (κ3) is 4.54. The second-order valence-electron chi connectivity index (χ2n) is 8.67. The van der Waals surface area contributed by atoms with Gasteiger partial charge in [0.2, 0.25) is 5.91 Å². The molecule has 3 atom stereocenters. The van der Waals surface area contributed by atoms with Gasteiger partial charge in [-0.3, -0.25) is 9.69 Å². The monoisotopic (exact) mass is 391 g/mol. The number of carbonyl (C=O) groups excluding carboxylic acids is 1. The van der Waals surface area contributed by atoms with Crippen LogP contribution in [0.2, 0.25) is 0 Å². The lowest BCUT2D eigenvalue weighted by atomic mass is 9.78.